The predicted octanol–water partition coefficient (Wildman–Crippen LogP) is 2.62. The molecule has 2 aromatic carbocycles. The number of nitrogens with zero attached hydrogens (tertiary/aromatic N) is 1. The number of ether oxygens (including phenoxy) is 3. The van der Waals surface area contributed by atoms with Gasteiger partial charge in [0.25, 0.3) is 5.91 Å². The highest BCUT2D eigenvalue weighted by Gasteiger charge is 2.02. The van der Waals surface area contributed by atoms with Crippen molar-refractivity contribution in [3.05, 3.63) is 54.1 Å². The number of nitrogens with one attached hydrogen (secondary N) is 1. The van der Waals surface area contributed by atoms with Crippen molar-refractivity contribution in [3.8, 4) is 17.2 Å². The number of methoxy groups -OCH3 is 1. The molecule has 0 aliphatic heterocycles. The maximum Gasteiger partial charge on any atom is 0.277 e. The summed E-state index contributed by atoms with van der Waals surface area (Å²) in [6, 6.07) is 14.4. The van der Waals surface area contributed by atoms with Crippen molar-refractivity contribution in [3.63, 3.8) is 0 Å². The van der Waals surface area contributed by atoms with Crippen LogP contribution in [0, 0.1) is 0 Å². The maximum atomic E-state index is 11.7. The first kappa shape index (κ1) is 17.3. The number of benzene rings is 2. The summed E-state index contributed by atoms with van der Waals surface area (Å²) in [7, 11) is 1.57. The lowest BCUT2D eigenvalue weighted by molar-refractivity contribution is -0.123. The van der Waals surface area contributed by atoms with Gasteiger partial charge in [-0.3, -0.25) is 4.79 Å². The van der Waals surface area contributed by atoms with Crippen LogP contribution in [0.4, 0.5) is 0 Å². The number of carbonyl (C=O) groups excluding carboxylic acids is 1. The first-order valence-corrected chi connectivity index (χ1v) is 7.53. The number of hydrazone groups is 1. The Hall–Kier alpha value is -3.02. The quantitative estimate of drug-likeness (QED) is 0.597. The Balaban J connectivity index is 1.77. The Bertz CT molecular complexity index is 684. The van der Waals surface area contributed by atoms with Crippen LogP contribution >= 0.6 is 0 Å². The van der Waals surface area contributed by atoms with Crippen molar-refractivity contribution >= 4 is 12.1 Å². The summed E-state index contributed by atoms with van der Waals surface area (Å²) in [4.78, 5) is 11.7. The predicted molar refractivity (Wildman–Crippen MR) is 91.8 cm³/mol. The van der Waals surface area contributed by atoms with Gasteiger partial charge < -0.3 is 14.2 Å². The van der Waals surface area contributed by atoms with Gasteiger partial charge in [0.05, 0.1) is 19.9 Å². The van der Waals surface area contributed by atoms with Crippen molar-refractivity contribution in [2.75, 3.05) is 20.3 Å². The summed E-state index contributed by atoms with van der Waals surface area (Å²) in [5.41, 5.74) is 3.27. The molecule has 0 aliphatic rings. The maximum absolute atomic E-state index is 11.7. The molecule has 2 aromatic rings. The molecule has 0 aromatic heterocycles. The van der Waals surface area contributed by atoms with E-state index in [-0.39, 0.29) is 12.5 Å². The van der Waals surface area contributed by atoms with Crippen LogP contribution in [0.15, 0.2) is 53.6 Å². The van der Waals surface area contributed by atoms with Crippen LogP contribution in [0.1, 0.15) is 12.5 Å². The minimum Gasteiger partial charge on any atom is -0.497 e. The Morgan fingerprint density at radius 3 is 2.54 bits per heavy atom. The number of carbonyl (C=O) groups is 1. The first-order chi connectivity index (χ1) is 11.7. The molecule has 0 unspecified atom stereocenters. The third-order valence-electron chi connectivity index (χ3n) is 3.01. The Labute approximate surface area is 141 Å². The van der Waals surface area contributed by atoms with Crippen LogP contribution in [0.25, 0.3) is 0 Å². The highest BCUT2D eigenvalue weighted by atomic mass is 16.5. The molecule has 2 rings (SSSR count). The first-order valence-electron chi connectivity index (χ1n) is 7.53. The zero-order valence-electron chi connectivity index (χ0n) is 13.7. The summed E-state index contributed by atoms with van der Waals surface area (Å²) in [6.45, 7) is 2.42. The van der Waals surface area contributed by atoms with Crippen LogP contribution in [-0.2, 0) is 4.79 Å². The average Bonchev–Trinajstić information content (AvgIpc) is 2.62. The molecule has 0 saturated heterocycles. The lowest BCUT2D eigenvalue weighted by Crippen LogP contribution is -2.24. The molecular weight excluding hydrogens is 308 g/mol. The number of amides is 1. The molecule has 1 N–H and O–H groups in total. The molecule has 0 atom stereocenters. The Morgan fingerprint density at radius 2 is 1.83 bits per heavy atom. The van der Waals surface area contributed by atoms with E-state index in [0.29, 0.717) is 18.1 Å². The molecule has 6 nitrogen and oxygen atoms in total. The van der Waals surface area contributed by atoms with Gasteiger partial charge >= 0.3 is 0 Å². The zero-order chi connectivity index (χ0) is 17.2. The van der Waals surface area contributed by atoms with E-state index in [4.69, 9.17) is 14.2 Å². The third kappa shape index (κ3) is 5.64. The van der Waals surface area contributed by atoms with Gasteiger partial charge in [0, 0.05) is 6.07 Å². The van der Waals surface area contributed by atoms with E-state index in [1.54, 1.807) is 37.6 Å². The van der Waals surface area contributed by atoms with Crippen LogP contribution in [0.5, 0.6) is 17.2 Å². The summed E-state index contributed by atoms with van der Waals surface area (Å²) < 4.78 is 15.8. The molecule has 6 heteroatoms. The molecule has 0 spiro atoms. The molecule has 1 amide bonds. The van der Waals surface area contributed by atoms with Gasteiger partial charge in [-0.2, -0.15) is 5.10 Å². The van der Waals surface area contributed by atoms with E-state index >= 15 is 0 Å². The van der Waals surface area contributed by atoms with Crippen LogP contribution < -0.4 is 19.6 Å². The molecular formula is C18H20N2O4. The van der Waals surface area contributed by atoms with Crippen molar-refractivity contribution < 1.29 is 19.0 Å². The van der Waals surface area contributed by atoms with Crippen LogP contribution in [-0.4, -0.2) is 32.4 Å². The average molecular weight is 328 g/mol. The van der Waals surface area contributed by atoms with E-state index in [2.05, 4.69) is 10.5 Å². The van der Waals surface area contributed by atoms with Crippen LogP contribution in [0.2, 0.25) is 0 Å². The summed E-state index contributed by atoms with van der Waals surface area (Å²) in [5.74, 6) is 1.67. The second-order valence-corrected chi connectivity index (χ2v) is 4.76. The zero-order valence-corrected chi connectivity index (χ0v) is 13.7. The molecule has 24 heavy (non-hydrogen) atoms. The summed E-state index contributed by atoms with van der Waals surface area (Å²) in [5, 5.41) is 3.89. The third-order valence-corrected chi connectivity index (χ3v) is 3.01. The second-order valence-electron chi connectivity index (χ2n) is 4.76. The monoisotopic (exact) mass is 328 g/mol. The van der Waals surface area contributed by atoms with Gasteiger partial charge in [-0.05, 0) is 48.9 Å². The summed E-state index contributed by atoms with van der Waals surface area (Å²) in [6.07, 6.45) is 1.55. The minimum atomic E-state index is -0.347. The highest BCUT2D eigenvalue weighted by Crippen LogP contribution is 2.18. The lowest BCUT2D eigenvalue weighted by Gasteiger charge is -2.06. The Morgan fingerprint density at radius 1 is 1.08 bits per heavy atom. The standard InChI is InChI=1S/C18H20N2O4/c1-3-23-15-9-7-14(8-10-15)12-19-20-18(21)13-24-17-6-4-5-16(11-17)22-2/h4-12H,3,13H2,1-2H3,(H,20,21)/b19-12+. The van der Waals surface area contributed by atoms with E-state index in [1.165, 1.54) is 0 Å². The topological polar surface area (TPSA) is 69.2 Å². The molecule has 0 bridgehead atoms. The van der Waals surface area contributed by atoms with Gasteiger partial charge in [-0.1, -0.05) is 6.07 Å². The number of rotatable bonds is 8. The van der Waals surface area contributed by atoms with Crippen LogP contribution in [0.3, 0.4) is 0 Å². The number of hydrogen-bond donors (Lipinski definition) is 1. The second kappa shape index (κ2) is 9.19. The molecule has 0 radical (unpaired) electrons. The fraction of sp³-hybridized carbons (Fsp3) is 0.222. The van der Waals surface area contributed by atoms with Crippen molar-refractivity contribution in [1.82, 2.24) is 5.43 Å². The fourth-order valence-corrected chi connectivity index (χ4v) is 1.87. The molecule has 0 aliphatic carbocycles. The summed E-state index contributed by atoms with van der Waals surface area (Å²) >= 11 is 0. The molecule has 0 fully saturated rings. The highest BCUT2D eigenvalue weighted by molar-refractivity contribution is 5.83. The van der Waals surface area contributed by atoms with Gasteiger partial charge in [0.1, 0.15) is 17.2 Å². The van der Waals surface area contributed by atoms with Gasteiger partial charge in [0.15, 0.2) is 6.61 Å². The van der Waals surface area contributed by atoms with Gasteiger partial charge in [0.2, 0.25) is 0 Å². The fourth-order valence-electron chi connectivity index (χ4n) is 1.87. The molecule has 126 valence electrons. The largest absolute Gasteiger partial charge is 0.497 e. The normalized spacial score (nSPS) is 10.4. The van der Waals surface area contributed by atoms with E-state index in [9.17, 15) is 4.79 Å². The van der Waals surface area contributed by atoms with E-state index in [0.717, 1.165) is 11.3 Å². The van der Waals surface area contributed by atoms with E-state index in [1.807, 2.05) is 31.2 Å². The minimum absolute atomic E-state index is 0.131. The van der Waals surface area contributed by atoms with Gasteiger partial charge in [-0.15, -0.1) is 0 Å². The van der Waals surface area contributed by atoms with Crippen molar-refractivity contribution in [2.45, 2.75) is 6.92 Å². The lowest BCUT2D eigenvalue weighted by atomic mass is 10.2. The molecule has 0 saturated carbocycles. The van der Waals surface area contributed by atoms with Crippen molar-refractivity contribution in [1.29, 1.82) is 0 Å². The van der Waals surface area contributed by atoms with Crippen molar-refractivity contribution in [2.24, 2.45) is 5.10 Å². The Kier molecular flexibility index (Phi) is 6.64. The van der Waals surface area contributed by atoms with Gasteiger partial charge in [-0.25, -0.2) is 5.43 Å². The molecule has 0 heterocycles. The SMILES string of the molecule is CCOc1ccc(/C=N/NC(=O)COc2cccc(OC)c2)cc1. The smallest absolute Gasteiger partial charge is 0.277 e. The number of hydrogen-bond acceptors (Lipinski definition) is 5. The van der Waals surface area contributed by atoms with E-state index < -0.39 is 0 Å².